The predicted molar refractivity (Wildman–Crippen MR) is 75.5 cm³/mol. The van der Waals surface area contributed by atoms with E-state index in [0.29, 0.717) is 12.0 Å². The standard InChI is InChI=1S/C16H20N2/c17-15-6-2-1-4-13(10-15)14-8-7-12-5-3-9-18-16(12)11-14/h3,5,7-9,11,13,15H,1-2,4,6,10,17H2. The van der Waals surface area contributed by atoms with Crippen LogP contribution in [-0.4, -0.2) is 11.0 Å². The van der Waals surface area contributed by atoms with Crippen molar-refractivity contribution in [2.24, 2.45) is 5.73 Å². The molecule has 94 valence electrons. The topological polar surface area (TPSA) is 38.9 Å². The van der Waals surface area contributed by atoms with E-state index in [1.54, 1.807) is 0 Å². The minimum absolute atomic E-state index is 0.372. The van der Waals surface area contributed by atoms with Crippen molar-refractivity contribution in [3.8, 4) is 0 Å². The van der Waals surface area contributed by atoms with Crippen molar-refractivity contribution in [3.05, 3.63) is 42.1 Å². The lowest BCUT2D eigenvalue weighted by Crippen LogP contribution is -2.20. The van der Waals surface area contributed by atoms with Crippen molar-refractivity contribution < 1.29 is 0 Å². The molecule has 2 nitrogen and oxygen atoms in total. The van der Waals surface area contributed by atoms with E-state index in [1.165, 1.54) is 36.6 Å². The van der Waals surface area contributed by atoms with Gasteiger partial charge in [-0.3, -0.25) is 4.98 Å². The lowest BCUT2D eigenvalue weighted by atomic mass is 9.90. The van der Waals surface area contributed by atoms with Gasteiger partial charge in [-0.15, -0.1) is 0 Å². The Morgan fingerprint density at radius 2 is 2.00 bits per heavy atom. The molecule has 2 unspecified atom stereocenters. The number of benzene rings is 1. The van der Waals surface area contributed by atoms with Crippen molar-refractivity contribution in [3.63, 3.8) is 0 Å². The van der Waals surface area contributed by atoms with Gasteiger partial charge in [-0.25, -0.2) is 0 Å². The summed E-state index contributed by atoms with van der Waals surface area (Å²) in [5.74, 6) is 0.619. The molecule has 0 aliphatic heterocycles. The minimum Gasteiger partial charge on any atom is -0.328 e. The Morgan fingerprint density at radius 1 is 1.11 bits per heavy atom. The van der Waals surface area contributed by atoms with Gasteiger partial charge < -0.3 is 5.73 Å². The molecule has 1 aliphatic carbocycles. The Labute approximate surface area is 108 Å². The zero-order valence-electron chi connectivity index (χ0n) is 10.7. The molecule has 0 amide bonds. The summed E-state index contributed by atoms with van der Waals surface area (Å²) < 4.78 is 0. The van der Waals surface area contributed by atoms with Gasteiger partial charge in [0.2, 0.25) is 0 Å². The fourth-order valence-corrected chi connectivity index (χ4v) is 3.04. The van der Waals surface area contributed by atoms with E-state index in [4.69, 9.17) is 5.73 Å². The average molecular weight is 240 g/mol. The number of hydrogen-bond donors (Lipinski definition) is 1. The van der Waals surface area contributed by atoms with Gasteiger partial charge in [-0.05, 0) is 42.9 Å². The van der Waals surface area contributed by atoms with Gasteiger partial charge in [0.15, 0.2) is 0 Å². The van der Waals surface area contributed by atoms with Crippen LogP contribution in [0.5, 0.6) is 0 Å². The summed E-state index contributed by atoms with van der Waals surface area (Å²) in [6.45, 7) is 0. The minimum atomic E-state index is 0.372. The Kier molecular flexibility index (Phi) is 3.28. The summed E-state index contributed by atoms with van der Waals surface area (Å²) in [4.78, 5) is 4.45. The van der Waals surface area contributed by atoms with E-state index < -0.39 is 0 Å². The Balaban J connectivity index is 1.92. The molecule has 2 heteroatoms. The highest BCUT2D eigenvalue weighted by atomic mass is 14.6. The van der Waals surface area contributed by atoms with Gasteiger partial charge in [0.05, 0.1) is 5.52 Å². The molecular weight excluding hydrogens is 220 g/mol. The zero-order chi connectivity index (χ0) is 12.4. The maximum atomic E-state index is 6.16. The number of nitrogens with zero attached hydrogens (tertiary/aromatic N) is 1. The molecule has 1 aliphatic rings. The van der Waals surface area contributed by atoms with Gasteiger partial charge in [0.25, 0.3) is 0 Å². The van der Waals surface area contributed by atoms with Crippen molar-refractivity contribution >= 4 is 10.9 Å². The second-order valence-electron chi connectivity index (χ2n) is 5.43. The van der Waals surface area contributed by atoms with E-state index >= 15 is 0 Å². The van der Waals surface area contributed by atoms with Crippen LogP contribution in [0.4, 0.5) is 0 Å². The van der Waals surface area contributed by atoms with Crippen LogP contribution in [0.15, 0.2) is 36.5 Å². The Hall–Kier alpha value is -1.41. The van der Waals surface area contributed by atoms with E-state index in [9.17, 15) is 0 Å². The van der Waals surface area contributed by atoms with E-state index in [1.807, 2.05) is 12.3 Å². The van der Waals surface area contributed by atoms with Crippen LogP contribution < -0.4 is 5.73 Å². The molecule has 0 radical (unpaired) electrons. The lowest BCUT2D eigenvalue weighted by molar-refractivity contribution is 0.536. The van der Waals surface area contributed by atoms with Crippen LogP contribution in [0.2, 0.25) is 0 Å². The first kappa shape index (κ1) is 11.7. The summed E-state index contributed by atoms with van der Waals surface area (Å²) >= 11 is 0. The largest absolute Gasteiger partial charge is 0.328 e. The summed E-state index contributed by atoms with van der Waals surface area (Å²) in [6.07, 6.45) is 8.03. The normalized spacial score (nSPS) is 24.9. The quantitative estimate of drug-likeness (QED) is 0.773. The highest BCUT2D eigenvalue weighted by molar-refractivity contribution is 5.79. The molecule has 1 fully saturated rings. The number of pyridine rings is 1. The summed E-state index contributed by atoms with van der Waals surface area (Å²) in [5, 5.41) is 1.22. The number of aromatic nitrogens is 1. The van der Waals surface area contributed by atoms with Crippen LogP contribution in [0.1, 0.15) is 43.6 Å². The van der Waals surface area contributed by atoms with Crippen molar-refractivity contribution in [1.29, 1.82) is 0 Å². The fourth-order valence-electron chi connectivity index (χ4n) is 3.04. The van der Waals surface area contributed by atoms with Crippen LogP contribution in [0.25, 0.3) is 10.9 Å². The molecule has 18 heavy (non-hydrogen) atoms. The maximum Gasteiger partial charge on any atom is 0.0704 e. The van der Waals surface area contributed by atoms with Gasteiger partial charge in [0.1, 0.15) is 0 Å². The van der Waals surface area contributed by atoms with Crippen molar-refractivity contribution in [2.45, 2.75) is 44.1 Å². The predicted octanol–water partition coefficient (Wildman–Crippen LogP) is 3.61. The monoisotopic (exact) mass is 240 g/mol. The molecular formula is C16H20N2. The summed E-state index contributed by atoms with van der Waals surface area (Å²) in [6, 6.07) is 11.2. The highest BCUT2D eigenvalue weighted by Gasteiger charge is 2.19. The molecule has 3 rings (SSSR count). The molecule has 0 spiro atoms. The Bertz CT molecular complexity index is 535. The van der Waals surface area contributed by atoms with Gasteiger partial charge in [-0.1, -0.05) is 31.0 Å². The van der Waals surface area contributed by atoms with E-state index in [-0.39, 0.29) is 0 Å². The van der Waals surface area contributed by atoms with Gasteiger partial charge >= 0.3 is 0 Å². The van der Waals surface area contributed by atoms with Gasteiger partial charge in [0, 0.05) is 17.6 Å². The smallest absolute Gasteiger partial charge is 0.0704 e. The first-order chi connectivity index (χ1) is 8.83. The maximum absolute atomic E-state index is 6.16. The second kappa shape index (κ2) is 5.07. The molecule has 1 aromatic heterocycles. The number of fused-ring (bicyclic) bond motifs is 1. The second-order valence-corrected chi connectivity index (χ2v) is 5.43. The Morgan fingerprint density at radius 3 is 2.94 bits per heavy atom. The molecule has 1 saturated carbocycles. The molecule has 2 aromatic rings. The van der Waals surface area contributed by atoms with Crippen LogP contribution in [0.3, 0.4) is 0 Å². The van der Waals surface area contributed by atoms with E-state index in [0.717, 1.165) is 11.9 Å². The first-order valence-electron chi connectivity index (χ1n) is 6.93. The molecule has 2 atom stereocenters. The van der Waals surface area contributed by atoms with E-state index in [2.05, 4.69) is 29.2 Å². The lowest BCUT2D eigenvalue weighted by Gasteiger charge is -2.17. The number of rotatable bonds is 1. The molecule has 0 bridgehead atoms. The van der Waals surface area contributed by atoms with Crippen LogP contribution >= 0.6 is 0 Å². The molecule has 2 N–H and O–H groups in total. The van der Waals surface area contributed by atoms with Crippen LogP contribution in [0, 0.1) is 0 Å². The summed E-state index contributed by atoms with van der Waals surface area (Å²) in [7, 11) is 0. The van der Waals surface area contributed by atoms with Crippen molar-refractivity contribution in [1.82, 2.24) is 4.98 Å². The summed E-state index contributed by atoms with van der Waals surface area (Å²) in [5.41, 5.74) is 8.68. The third-order valence-electron chi connectivity index (χ3n) is 4.07. The number of hydrogen-bond acceptors (Lipinski definition) is 2. The molecule has 0 saturated heterocycles. The van der Waals surface area contributed by atoms with Crippen molar-refractivity contribution in [2.75, 3.05) is 0 Å². The third kappa shape index (κ3) is 2.39. The fraction of sp³-hybridized carbons (Fsp3) is 0.438. The van der Waals surface area contributed by atoms with Crippen LogP contribution in [-0.2, 0) is 0 Å². The SMILES string of the molecule is NC1CCCCC(c2ccc3cccnc3c2)C1. The average Bonchev–Trinajstić information content (AvgIpc) is 2.63. The first-order valence-corrected chi connectivity index (χ1v) is 6.93. The molecule has 1 aromatic carbocycles. The number of nitrogens with two attached hydrogens (primary N) is 1. The van der Waals surface area contributed by atoms with Gasteiger partial charge in [-0.2, -0.15) is 0 Å². The highest BCUT2D eigenvalue weighted by Crippen LogP contribution is 2.32. The zero-order valence-corrected chi connectivity index (χ0v) is 10.7. The third-order valence-corrected chi connectivity index (χ3v) is 4.07. The molecule has 1 heterocycles.